The Kier molecular flexibility index (Phi) is 2.51. The second-order valence-corrected chi connectivity index (χ2v) is 5.60. The first-order chi connectivity index (χ1) is 6.93. The van der Waals surface area contributed by atoms with Gasteiger partial charge in [0, 0.05) is 19.7 Å². The third-order valence-electron chi connectivity index (χ3n) is 3.44. The first-order valence-electron chi connectivity index (χ1n) is 5.59. The highest BCUT2D eigenvalue weighted by atomic mass is 16.5. The lowest BCUT2D eigenvalue weighted by atomic mass is 9.93. The zero-order valence-electron chi connectivity index (χ0n) is 9.58. The standard InChI is InChI=1S/C11H20N2O2/c1-10(2)3-5-13(7-10)9(14)11(12)4-6-15-8-11/h3-8,12H2,1-2H3. The van der Waals surface area contributed by atoms with E-state index in [1.165, 1.54) is 0 Å². The topological polar surface area (TPSA) is 55.6 Å². The van der Waals surface area contributed by atoms with E-state index in [1.54, 1.807) is 0 Å². The number of hydrogen-bond donors (Lipinski definition) is 1. The van der Waals surface area contributed by atoms with Crippen LogP contribution in [0.4, 0.5) is 0 Å². The lowest BCUT2D eigenvalue weighted by molar-refractivity contribution is -0.136. The SMILES string of the molecule is CC1(C)CCN(C(=O)C2(N)CCOC2)C1. The second-order valence-electron chi connectivity index (χ2n) is 5.60. The number of likely N-dealkylation sites (tertiary alicyclic amines) is 1. The van der Waals surface area contributed by atoms with E-state index in [0.29, 0.717) is 19.6 Å². The molecule has 0 aromatic carbocycles. The molecule has 2 fully saturated rings. The zero-order valence-corrected chi connectivity index (χ0v) is 9.58. The number of hydrogen-bond acceptors (Lipinski definition) is 3. The molecular formula is C11H20N2O2. The summed E-state index contributed by atoms with van der Waals surface area (Å²) in [5, 5.41) is 0. The van der Waals surface area contributed by atoms with Crippen molar-refractivity contribution in [2.24, 2.45) is 11.1 Å². The van der Waals surface area contributed by atoms with E-state index in [0.717, 1.165) is 19.5 Å². The summed E-state index contributed by atoms with van der Waals surface area (Å²) >= 11 is 0. The van der Waals surface area contributed by atoms with Crippen molar-refractivity contribution >= 4 is 5.91 Å². The molecule has 2 heterocycles. The van der Waals surface area contributed by atoms with Crippen LogP contribution in [0.2, 0.25) is 0 Å². The average molecular weight is 212 g/mol. The summed E-state index contributed by atoms with van der Waals surface area (Å²) in [6.07, 6.45) is 1.72. The molecule has 0 aromatic heterocycles. The number of ether oxygens (including phenoxy) is 1. The minimum absolute atomic E-state index is 0.0746. The molecule has 86 valence electrons. The molecule has 1 atom stereocenters. The summed E-state index contributed by atoms with van der Waals surface area (Å²) in [4.78, 5) is 14.1. The van der Waals surface area contributed by atoms with Gasteiger partial charge in [0.2, 0.25) is 5.91 Å². The Hall–Kier alpha value is -0.610. The van der Waals surface area contributed by atoms with Gasteiger partial charge in [0.1, 0.15) is 5.54 Å². The molecule has 0 aromatic rings. The van der Waals surface area contributed by atoms with Crippen molar-refractivity contribution < 1.29 is 9.53 Å². The third-order valence-corrected chi connectivity index (χ3v) is 3.44. The maximum Gasteiger partial charge on any atom is 0.245 e. The van der Waals surface area contributed by atoms with Crippen molar-refractivity contribution in [2.45, 2.75) is 32.2 Å². The number of amides is 1. The minimum Gasteiger partial charge on any atom is -0.379 e. The Bertz CT molecular complexity index is 270. The van der Waals surface area contributed by atoms with Crippen LogP contribution in [0, 0.1) is 5.41 Å². The van der Waals surface area contributed by atoms with Gasteiger partial charge in [-0.3, -0.25) is 4.79 Å². The molecule has 1 unspecified atom stereocenters. The maximum absolute atomic E-state index is 12.2. The van der Waals surface area contributed by atoms with Crippen LogP contribution >= 0.6 is 0 Å². The number of carbonyl (C=O) groups excluding carboxylic acids is 1. The minimum atomic E-state index is -0.750. The van der Waals surface area contributed by atoms with Crippen LogP contribution in [0.1, 0.15) is 26.7 Å². The Morgan fingerprint density at radius 2 is 2.13 bits per heavy atom. The van der Waals surface area contributed by atoms with Crippen molar-refractivity contribution in [3.8, 4) is 0 Å². The number of carbonyl (C=O) groups is 1. The quantitative estimate of drug-likeness (QED) is 0.683. The van der Waals surface area contributed by atoms with E-state index in [-0.39, 0.29) is 11.3 Å². The van der Waals surface area contributed by atoms with E-state index in [1.807, 2.05) is 4.90 Å². The van der Waals surface area contributed by atoms with E-state index < -0.39 is 5.54 Å². The molecule has 0 bridgehead atoms. The van der Waals surface area contributed by atoms with Gasteiger partial charge in [-0.2, -0.15) is 0 Å². The van der Waals surface area contributed by atoms with Gasteiger partial charge in [-0.1, -0.05) is 13.8 Å². The van der Waals surface area contributed by atoms with Gasteiger partial charge in [-0.05, 0) is 18.3 Å². The first-order valence-corrected chi connectivity index (χ1v) is 5.59. The van der Waals surface area contributed by atoms with Gasteiger partial charge in [0.15, 0.2) is 0 Å². The van der Waals surface area contributed by atoms with Gasteiger partial charge in [-0.25, -0.2) is 0 Å². The summed E-state index contributed by atoms with van der Waals surface area (Å²) < 4.78 is 5.22. The molecule has 0 radical (unpaired) electrons. The molecule has 2 saturated heterocycles. The smallest absolute Gasteiger partial charge is 0.245 e. The Labute approximate surface area is 90.8 Å². The molecule has 4 heteroatoms. The monoisotopic (exact) mass is 212 g/mol. The molecule has 1 amide bonds. The van der Waals surface area contributed by atoms with Crippen LogP contribution in [0.15, 0.2) is 0 Å². The van der Waals surface area contributed by atoms with Crippen molar-refractivity contribution in [2.75, 3.05) is 26.3 Å². The zero-order chi connectivity index (χ0) is 11.1. The van der Waals surface area contributed by atoms with Crippen LogP contribution in [0.25, 0.3) is 0 Å². The molecule has 2 rings (SSSR count). The lowest BCUT2D eigenvalue weighted by Gasteiger charge is -2.28. The van der Waals surface area contributed by atoms with Gasteiger partial charge in [-0.15, -0.1) is 0 Å². The molecule has 0 aliphatic carbocycles. The normalized spacial score (nSPS) is 34.7. The molecular weight excluding hydrogens is 192 g/mol. The first kappa shape index (κ1) is 10.9. The van der Waals surface area contributed by atoms with Gasteiger partial charge in [0.05, 0.1) is 6.61 Å². The Morgan fingerprint density at radius 3 is 2.60 bits per heavy atom. The Balaban J connectivity index is 2.03. The number of rotatable bonds is 1. The molecule has 2 aliphatic rings. The van der Waals surface area contributed by atoms with E-state index in [9.17, 15) is 4.79 Å². The summed E-state index contributed by atoms with van der Waals surface area (Å²) in [5.41, 5.74) is 5.55. The van der Waals surface area contributed by atoms with Crippen molar-refractivity contribution in [1.82, 2.24) is 4.90 Å². The predicted molar refractivity (Wildman–Crippen MR) is 57.3 cm³/mol. The highest BCUT2D eigenvalue weighted by Crippen LogP contribution is 2.31. The molecule has 2 N–H and O–H groups in total. The van der Waals surface area contributed by atoms with Crippen molar-refractivity contribution in [3.05, 3.63) is 0 Å². The van der Waals surface area contributed by atoms with Gasteiger partial charge >= 0.3 is 0 Å². The summed E-state index contributed by atoms with van der Waals surface area (Å²) in [6, 6.07) is 0. The molecule has 0 saturated carbocycles. The Morgan fingerprint density at radius 1 is 1.40 bits per heavy atom. The fraction of sp³-hybridized carbons (Fsp3) is 0.909. The average Bonchev–Trinajstić information content (AvgIpc) is 2.72. The van der Waals surface area contributed by atoms with Crippen molar-refractivity contribution in [3.63, 3.8) is 0 Å². The molecule has 15 heavy (non-hydrogen) atoms. The molecule has 4 nitrogen and oxygen atoms in total. The van der Waals surface area contributed by atoms with Gasteiger partial charge < -0.3 is 15.4 Å². The van der Waals surface area contributed by atoms with Crippen LogP contribution < -0.4 is 5.73 Å². The van der Waals surface area contributed by atoms with Gasteiger partial charge in [0.25, 0.3) is 0 Å². The lowest BCUT2D eigenvalue weighted by Crippen LogP contribution is -2.55. The summed E-state index contributed by atoms with van der Waals surface area (Å²) in [7, 11) is 0. The molecule has 0 spiro atoms. The predicted octanol–water partition coefficient (Wildman–Crippen LogP) is 0.363. The van der Waals surface area contributed by atoms with E-state index in [4.69, 9.17) is 10.5 Å². The van der Waals surface area contributed by atoms with Crippen LogP contribution in [0.5, 0.6) is 0 Å². The van der Waals surface area contributed by atoms with Crippen LogP contribution in [-0.2, 0) is 9.53 Å². The highest BCUT2D eigenvalue weighted by molar-refractivity contribution is 5.87. The van der Waals surface area contributed by atoms with Crippen LogP contribution in [0.3, 0.4) is 0 Å². The second kappa shape index (κ2) is 3.46. The fourth-order valence-electron chi connectivity index (χ4n) is 2.35. The maximum atomic E-state index is 12.2. The summed E-state index contributed by atoms with van der Waals surface area (Å²) in [5.74, 6) is 0.0746. The highest BCUT2D eigenvalue weighted by Gasteiger charge is 2.44. The number of nitrogens with zero attached hydrogens (tertiary/aromatic N) is 1. The van der Waals surface area contributed by atoms with Crippen molar-refractivity contribution in [1.29, 1.82) is 0 Å². The van der Waals surface area contributed by atoms with E-state index >= 15 is 0 Å². The summed E-state index contributed by atoms with van der Waals surface area (Å²) in [6.45, 7) is 7.03. The fourth-order valence-corrected chi connectivity index (χ4v) is 2.35. The number of nitrogens with two attached hydrogens (primary N) is 1. The van der Waals surface area contributed by atoms with Crippen LogP contribution in [-0.4, -0.2) is 42.6 Å². The molecule has 2 aliphatic heterocycles. The largest absolute Gasteiger partial charge is 0.379 e. The van der Waals surface area contributed by atoms with E-state index in [2.05, 4.69) is 13.8 Å². The third kappa shape index (κ3) is 2.01.